The maximum Gasteiger partial charge on any atom is 0.416 e. The van der Waals surface area contributed by atoms with Gasteiger partial charge in [-0.05, 0) is 48.9 Å². The molecule has 2 heterocycles. The number of nitrogens with zero attached hydrogens (tertiary/aromatic N) is 3. The Labute approximate surface area is 210 Å². The molecule has 4 rings (SSSR count). The number of piperazine rings is 1. The molecule has 0 spiro atoms. The lowest BCUT2D eigenvalue weighted by atomic mass is 10.1. The van der Waals surface area contributed by atoms with Gasteiger partial charge in [0.2, 0.25) is 0 Å². The summed E-state index contributed by atoms with van der Waals surface area (Å²) in [6.07, 6.45) is -1.10. The van der Waals surface area contributed by atoms with E-state index in [1.54, 1.807) is 30.3 Å². The maximum absolute atomic E-state index is 14.3. The highest BCUT2D eigenvalue weighted by Gasteiger charge is 2.33. The van der Waals surface area contributed by atoms with Crippen LogP contribution in [0.15, 0.2) is 77.9 Å². The molecule has 2 aliphatic rings. The number of hydrogen-bond acceptors (Lipinski definition) is 5. The van der Waals surface area contributed by atoms with Crippen LogP contribution in [0, 0.1) is 0 Å². The van der Waals surface area contributed by atoms with Crippen LogP contribution >= 0.6 is 0 Å². The molecule has 0 atom stereocenters. The summed E-state index contributed by atoms with van der Waals surface area (Å²) in [5.41, 5.74) is 0.660. The predicted molar refractivity (Wildman–Crippen MR) is 129 cm³/mol. The van der Waals surface area contributed by atoms with Gasteiger partial charge in [0.1, 0.15) is 5.83 Å². The van der Waals surface area contributed by atoms with E-state index < -0.39 is 29.5 Å². The van der Waals surface area contributed by atoms with Crippen molar-refractivity contribution in [3.63, 3.8) is 0 Å². The average Bonchev–Trinajstić information content (AvgIpc) is 3.06. The number of alkyl halides is 3. The first kappa shape index (κ1) is 26.1. The van der Waals surface area contributed by atoms with Crippen LogP contribution in [0.1, 0.15) is 32.8 Å². The minimum Gasteiger partial charge on any atom is -0.478 e. The van der Waals surface area contributed by atoms with Gasteiger partial charge in [0, 0.05) is 44.6 Å². The molecule has 0 saturated carbocycles. The van der Waals surface area contributed by atoms with E-state index in [9.17, 15) is 27.2 Å². The van der Waals surface area contributed by atoms with E-state index in [0.29, 0.717) is 12.6 Å². The minimum absolute atomic E-state index is 0.153. The summed E-state index contributed by atoms with van der Waals surface area (Å²) >= 11 is 0. The molecule has 2 aromatic rings. The van der Waals surface area contributed by atoms with Crippen molar-refractivity contribution in [3.05, 3.63) is 94.7 Å². The molecule has 7 nitrogen and oxygen atoms in total. The van der Waals surface area contributed by atoms with Gasteiger partial charge in [-0.1, -0.05) is 12.2 Å². The second-order valence-corrected chi connectivity index (χ2v) is 8.61. The number of pyridine rings is 1. The van der Waals surface area contributed by atoms with Gasteiger partial charge in [-0.25, -0.2) is 9.18 Å². The molecule has 1 saturated heterocycles. The number of benzene rings is 1. The van der Waals surface area contributed by atoms with Gasteiger partial charge in [0.05, 0.1) is 28.1 Å². The third kappa shape index (κ3) is 6.62. The van der Waals surface area contributed by atoms with Crippen LogP contribution in [0.5, 0.6) is 0 Å². The molecule has 1 aromatic carbocycles. The number of carboxylic acids is 1. The van der Waals surface area contributed by atoms with Crippen molar-refractivity contribution >= 4 is 17.6 Å². The van der Waals surface area contributed by atoms with Crippen LogP contribution in [-0.4, -0.2) is 59.2 Å². The van der Waals surface area contributed by atoms with Crippen LogP contribution in [0.2, 0.25) is 0 Å². The van der Waals surface area contributed by atoms with Crippen molar-refractivity contribution in [1.29, 1.82) is 0 Å². The Kier molecular flexibility index (Phi) is 7.72. The fourth-order valence-corrected chi connectivity index (χ4v) is 4.04. The summed E-state index contributed by atoms with van der Waals surface area (Å²) in [6, 6.07) is 9.98. The number of carbonyl (C=O) groups excluding carboxylic acids is 1. The van der Waals surface area contributed by atoms with Gasteiger partial charge in [-0.3, -0.25) is 14.7 Å². The Hall–Kier alpha value is -3.99. The molecule has 1 aromatic heterocycles. The molecule has 2 N–H and O–H groups in total. The molecular formula is C26H24F4N4O3. The Morgan fingerprint density at radius 1 is 0.973 bits per heavy atom. The fourth-order valence-electron chi connectivity index (χ4n) is 4.04. The number of rotatable bonds is 6. The molecule has 1 aliphatic heterocycles. The van der Waals surface area contributed by atoms with Gasteiger partial charge in [0.15, 0.2) is 0 Å². The molecule has 1 amide bonds. The first-order valence-corrected chi connectivity index (χ1v) is 11.5. The summed E-state index contributed by atoms with van der Waals surface area (Å²) in [4.78, 5) is 32.2. The highest BCUT2D eigenvalue weighted by Crippen LogP contribution is 2.31. The topological polar surface area (TPSA) is 85.8 Å². The standard InChI is InChI=1S/C26H24F4N4O3/c27-22-14-19(26(28,29)30)2-1-3-23(22)32-24(35)18-4-7-20(31-15-18)16-33-10-12-34(13-11-33)21-8-5-17(6-9-21)25(36)37/h2-9,14-15H,1,10-13,16H2,(H,32,35)(H,36,37). The number of carbonyl (C=O) groups is 2. The van der Waals surface area contributed by atoms with E-state index in [-0.39, 0.29) is 23.2 Å². The Balaban J connectivity index is 1.29. The number of allylic oxidation sites excluding steroid dienone is 5. The normalized spacial score (nSPS) is 16.9. The molecule has 0 bridgehead atoms. The zero-order valence-corrected chi connectivity index (χ0v) is 19.6. The highest BCUT2D eigenvalue weighted by atomic mass is 19.4. The van der Waals surface area contributed by atoms with Gasteiger partial charge in [0.25, 0.3) is 5.91 Å². The van der Waals surface area contributed by atoms with Gasteiger partial charge >= 0.3 is 12.1 Å². The predicted octanol–water partition coefficient (Wildman–Crippen LogP) is 4.46. The number of hydrogen-bond donors (Lipinski definition) is 2. The van der Waals surface area contributed by atoms with Crippen molar-refractivity contribution in [1.82, 2.24) is 15.2 Å². The van der Waals surface area contributed by atoms with Crippen molar-refractivity contribution in [2.24, 2.45) is 0 Å². The molecule has 194 valence electrons. The summed E-state index contributed by atoms with van der Waals surface area (Å²) in [7, 11) is 0. The minimum atomic E-state index is -4.68. The zero-order valence-electron chi connectivity index (χ0n) is 19.6. The monoisotopic (exact) mass is 516 g/mol. The number of nitrogens with one attached hydrogen (secondary N) is 1. The fraction of sp³-hybridized carbons (Fsp3) is 0.269. The van der Waals surface area contributed by atoms with E-state index in [4.69, 9.17) is 5.11 Å². The van der Waals surface area contributed by atoms with Gasteiger partial charge < -0.3 is 15.3 Å². The van der Waals surface area contributed by atoms with Crippen molar-refractivity contribution in [2.75, 3.05) is 31.1 Å². The molecule has 1 aliphatic carbocycles. The first-order valence-electron chi connectivity index (χ1n) is 11.5. The number of anilines is 1. The lowest BCUT2D eigenvalue weighted by Gasteiger charge is -2.36. The Bertz CT molecular complexity index is 1240. The van der Waals surface area contributed by atoms with Crippen LogP contribution in [0.25, 0.3) is 0 Å². The number of aromatic carboxylic acids is 1. The van der Waals surface area contributed by atoms with Crippen LogP contribution in [-0.2, 0) is 6.54 Å². The lowest BCUT2D eigenvalue weighted by Crippen LogP contribution is -2.46. The summed E-state index contributed by atoms with van der Waals surface area (Å²) < 4.78 is 52.9. The third-order valence-electron chi connectivity index (χ3n) is 6.10. The second-order valence-electron chi connectivity index (χ2n) is 8.61. The number of halogens is 4. The Morgan fingerprint density at radius 2 is 1.65 bits per heavy atom. The van der Waals surface area contributed by atoms with Crippen LogP contribution in [0.4, 0.5) is 23.2 Å². The molecule has 0 unspecified atom stereocenters. The smallest absolute Gasteiger partial charge is 0.416 e. The third-order valence-corrected chi connectivity index (χ3v) is 6.10. The quantitative estimate of drug-likeness (QED) is 0.552. The molecule has 1 fully saturated rings. The number of aromatic nitrogens is 1. The molecule has 0 radical (unpaired) electrons. The van der Waals surface area contributed by atoms with Crippen LogP contribution in [0.3, 0.4) is 0 Å². The maximum atomic E-state index is 14.3. The summed E-state index contributed by atoms with van der Waals surface area (Å²) in [6.45, 7) is 3.59. The highest BCUT2D eigenvalue weighted by molar-refractivity contribution is 5.95. The number of carboxylic acid groups (broad SMARTS) is 1. The molecule has 11 heteroatoms. The summed E-state index contributed by atoms with van der Waals surface area (Å²) in [5.74, 6) is -2.81. The van der Waals surface area contributed by atoms with Crippen molar-refractivity contribution in [2.45, 2.75) is 19.1 Å². The second kappa shape index (κ2) is 11.0. The van der Waals surface area contributed by atoms with E-state index in [1.165, 1.54) is 18.3 Å². The van der Waals surface area contributed by atoms with Gasteiger partial charge in [-0.2, -0.15) is 13.2 Å². The van der Waals surface area contributed by atoms with E-state index >= 15 is 0 Å². The average molecular weight is 516 g/mol. The van der Waals surface area contributed by atoms with E-state index in [0.717, 1.165) is 43.6 Å². The van der Waals surface area contributed by atoms with Crippen molar-refractivity contribution < 1.29 is 32.3 Å². The Morgan fingerprint density at radius 3 is 2.24 bits per heavy atom. The molecular weight excluding hydrogens is 492 g/mol. The lowest BCUT2D eigenvalue weighted by molar-refractivity contribution is -0.0885. The van der Waals surface area contributed by atoms with Gasteiger partial charge in [-0.15, -0.1) is 0 Å². The largest absolute Gasteiger partial charge is 0.478 e. The van der Waals surface area contributed by atoms with Crippen LogP contribution < -0.4 is 10.2 Å². The first-order chi connectivity index (χ1) is 17.6. The molecule has 37 heavy (non-hydrogen) atoms. The number of amides is 1. The summed E-state index contributed by atoms with van der Waals surface area (Å²) in [5, 5.41) is 11.3. The van der Waals surface area contributed by atoms with E-state index in [1.807, 2.05) is 0 Å². The zero-order chi connectivity index (χ0) is 26.6. The van der Waals surface area contributed by atoms with E-state index in [2.05, 4.69) is 20.1 Å². The SMILES string of the molecule is O=C(O)c1ccc(N2CCN(Cc3ccc(C(=O)NC4=CCC=C(C(F)(F)F)C=C4F)cn3)CC2)cc1. The van der Waals surface area contributed by atoms with Crippen molar-refractivity contribution in [3.8, 4) is 0 Å².